The van der Waals surface area contributed by atoms with Gasteiger partial charge in [-0.3, -0.25) is 4.90 Å². The van der Waals surface area contributed by atoms with Crippen molar-refractivity contribution in [1.29, 1.82) is 0 Å². The summed E-state index contributed by atoms with van der Waals surface area (Å²) in [6, 6.07) is 2.93. The predicted molar refractivity (Wildman–Crippen MR) is 75.3 cm³/mol. The van der Waals surface area contributed by atoms with Crippen molar-refractivity contribution in [2.75, 3.05) is 13.1 Å². The van der Waals surface area contributed by atoms with Gasteiger partial charge in [-0.2, -0.15) is 0 Å². The first-order chi connectivity index (χ1) is 8.81. The normalized spacial score (nSPS) is 30.3. The summed E-state index contributed by atoms with van der Waals surface area (Å²) in [5.74, 6) is 1.89. The summed E-state index contributed by atoms with van der Waals surface area (Å²) in [5, 5.41) is 0. The number of furan rings is 1. The first-order valence-corrected chi connectivity index (χ1v) is 7.79. The molecule has 0 amide bonds. The monoisotopic (exact) mass is 312 g/mol. The molecule has 18 heavy (non-hydrogen) atoms. The van der Waals surface area contributed by atoms with Gasteiger partial charge in [-0.15, -0.1) is 0 Å². The number of halogens is 1. The van der Waals surface area contributed by atoms with Gasteiger partial charge in [-0.25, -0.2) is 0 Å². The number of piperidine rings is 1. The van der Waals surface area contributed by atoms with Crippen molar-refractivity contribution < 1.29 is 4.42 Å². The minimum atomic E-state index is 0.236. The molecule has 2 fully saturated rings. The Labute approximate surface area is 117 Å². The van der Waals surface area contributed by atoms with Crippen molar-refractivity contribution in [3.05, 3.63) is 22.6 Å². The zero-order chi connectivity index (χ0) is 12.5. The van der Waals surface area contributed by atoms with Gasteiger partial charge in [0.25, 0.3) is 0 Å². The minimum absolute atomic E-state index is 0.236. The third kappa shape index (κ3) is 2.15. The Morgan fingerprint density at radius 1 is 1.39 bits per heavy atom. The summed E-state index contributed by atoms with van der Waals surface area (Å²) in [4.78, 5) is 2.60. The molecule has 1 aliphatic heterocycles. The molecule has 0 radical (unpaired) electrons. The molecule has 1 aromatic heterocycles. The Bertz CT molecular complexity index is 406. The van der Waals surface area contributed by atoms with Crippen LogP contribution in [0.5, 0.6) is 0 Å². The average molecular weight is 313 g/mol. The maximum Gasteiger partial charge on any atom is 0.136 e. The maximum atomic E-state index is 6.02. The molecule has 3 unspecified atom stereocenters. The van der Waals surface area contributed by atoms with Crippen molar-refractivity contribution in [2.24, 2.45) is 11.7 Å². The zero-order valence-electron chi connectivity index (χ0n) is 10.6. The topological polar surface area (TPSA) is 42.4 Å². The van der Waals surface area contributed by atoms with Crippen molar-refractivity contribution in [2.45, 2.75) is 44.2 Å². The quantitative estimate of drug-likeness (QED) is 0.931. The van der Waals surface area contributed by atoms with E-state index < -0.39 is 0 Å². The molecule has 1 saturated heterocycles. The maximum absolute atomic E-state index is 6.02. The van der Waals surface area contributed by atoms with Crippen molar-refractivity contribution in [3.63, 3.8) is 0 Å². The largest absolute Gasteiger partial charge is 0.466 e. The van der Waals surface area contributed by atoms with Crippen LogP contribution in [0.3, 0.4) is 0 Å². The fraction of sp³-hybridized carbons (Fsp3) is 0.714. The van der Waals surface area contributed by atoms with Crippen LogP contribution in [-0.4, -0.2) is 24.0 Å². The highest BCUT2D eigenvalue weighted by Gasteiger charge is 2.39. The summed E-state index contributed by atoms with van der Waals surface area (Å²) in [6.07, 6.45) is 8.56. The van der Waals surface area contributed by atoms with E-state index in [0.29, 0.717) is 6.54 Å². The fourth-order valence-corrected chi connectivity index (χ4v) is 4.28. The Morgan fingerprint density at radius 2 is 2.22 bits per heavy atom. The van der Waals surface area contributed by atoms with Crippen molar-refractivity contribution >= 4 is 15.9 Å². The van der Waals surface area contributed by atoms with E-state index in [0.717, 1.165) is 28.7 Å². The standard InChI is InChI=1S/C14H21BrN2O/c15-11-6-8-18-14(11)13(9-16)17-7-2-4-10-3-1-5-12(10)17/h6,8,10,12-13H,1-5,7,9,16H2. The molecular weight excluding hydrogens is 292 g/mol. The van der Waals surface area contributed by atoms with E-state index in [1.165, 1.54) is 32.1 Å². The number of rotatable bonds is 3. The fourth-order valence-electron chi connectivity index (χ4n) is 3.82. The summed E-state index contributed by atoms with van der Waals surface area (Å²) < 4.78 is 6.70. The van der Waals surface area contributed by atoms with Gasteiger partial charge in [0, 0.05) is 12.6 Å². The van der Waals surface area contributed by atoms with E-state index in [-0.39, 0.29) is 6.04 Å². The van der Waals surface area contributed by atoms with E-state index in [4.69, 9.17) is 10.2 Å². The molecule has 0 aromatic carbocycles. The smallest absolute Gasteiger partial charge is 0.136 e. The molecule has 2 heterocycles. The van der Waals surface area contributed by atoms with Crippen molar-refractivity contribution in [1.82, 2.24) is 4.90 Å². The molecule has 0 spiro atoms. The summed E-state index contributed by atoms with van der Waals surface area (Å²) in [5.41, 5.74) is 6.02. The van der Waals surface area contributed by atoms with Crippen LogP contribution in [0.2, 0.25) is 0 Å². The number of nitrogens with zero attached hydrogens (tertiary/aromatic N) is 1. The van der Waals surface area contributed by atoms with Crippen LogP contribution >= 0.6 is 15.9 Å². The van der Waals surface area contributed by atoms with Gasteiger partial charge in [0.2, 0.25) is 0 Å². The van der Waals surface area contributed by atoms with Crippen LogP contribution in [0.4, 0.5) is 0 Å². The zero-order valence-corrected chi connectivity index (χ0v) is 12.2. The predicted octanol–water partition coefficient (Wildman–Crippen LogP) is 3.31. The molecular formula is C14H21BrN2O. The van der Waals surface area contributed by atoms with E-state index in [1.807, 2.05) is 6.07 Å². The third-order valence-electron chi connectivity index (χ3n) is 4.61. The Morgan fingerprint density at radius 3 is 2.94 bits per heavy atom. The van der Waals surface area contributed by atoms with Crippen LogP contribution in [-0.2, 0) is 0 Å². The van der Waals surface area contributed by atoms with E-state index in [9.17, 15) is 0 Å². The molecule has 4 heteroatoms. The van der Waals surface area contributed by atoms with Gasteiger partial charge in [0.15, 0.2) is 0 Å². The minimum Gasteiger partial charge on any atom is -0.466 e. The average Bonchev–Trinajstić information content (AvgIpc) is 3.00. The highest BCUT2D eigenvalue weighted by molar-refractivity contribution is 9.10. The SMILES string of the molecule is NCC(c1occc1Br)N1CCCC2CCCC21. The second kappa shape index (κ2) is 5.35. The lowest BCUT2D eigenvalue weighted by Crippen LogP contribution is -2.46. The second-order valence-electron chi connectivity index (χ2n) is 5.52. The lowest BCUT2D eigenvalue weighted by Gasteiger charge is -2.41. The van der Waals surface area contributed by atoms with Crippen LogP contribution in [0.25, 0.3) is 0 Å². The van der Waals surface area contributed by atoms with E-state index in [2.05, 4.69) is 20.8 Å². The first kappa shape index (κ1) is 12.7. The molecule has 100 valence electrons. The molecule has 1 aromatic rings. The molecule has 2 aliphatic rings. The first-order valence-electron chi connectivity index (χ1n) is 7.00. The Kier molecular flexibility index (Phi) is 3.78. The molecule has 1 aliphatic carbocycles. The van der Waals surface area contributed by atoms with Crippen LogP contribution in [0, 0.1) is 5.92 Å². The van der Waals surface area contributed by atoms with Gasteiger partial charge in [0.05, 0.1) is 16.8 Å². The highest BCUT2D eigenvalue weighted by atomic mass is 79.9. The number of fused-ring (bicyclic) bond motifs is 1. The summed E-state index contributed by atoms with van der Waals surface area (Å²) in [7, 11) is 0. The van der Waals surface area contributed by atoms with Crippen LogP contribution < -0.4 is 5.73 Å². The lowest BCUT2D eigenvalue weighted by atomic mass is 9.90. The molecule has 3 nitrogen and oxygen atoms in total. The molecule has 0 bridgehead atoms. The van der Waals surface area contributed by atoms with E-state index >= 15 is 0 Å². The molecule has 2 N–H and O–H groups in total. The van der Waals surface area contributed by atoms with Crippen LogP contribution in [0.15, 0.2) is 21.2 Å². The number of likely N-dealkylation sites (tertiary alicyclic amines) is 1. The van der Waals surface area contributed by atoms with E-state index in [1.54, 1.807) is 6.26 Å². The lowest BCUT2D eigenvalue weighted by molar-refractivity contribution is 0.0601. The number of hydrogen-bond donors (Lipinski definition) is 1. The Hall–Kier alpha value is -0.320. The molecule has 1 saturated carbocycles. The van der Waals surface area contributed by atoms with Crippen LogP contribution in [0.1, 0.15) is 43.9 Å². The second-order valence-corrected chi connectivity index (χ2v) is 6.38. The van der Waals surface area contributed by atoms with Gasteiger partial charge >= 0.3 is 0 Å². The molecule has 3 rings (SSSR count). The van der Waals surface area contributed by atoms with Crippen molar-refractivity contribution in [3.8, 4) is 0 Å². The Balaban J connectivity index is 1.85. The summed E-state index contributed by atoms with van der Waals surface area (Å²) in [6.45, 7) is 1.80. The number of nitrogens with two attached hydrogens (primary N) is 1. The van der Waals surface area contributed by atoms with Gasteiger partial charge in [-0.1, -0.05) is 6.42 Å². The van der Waals surface area contributed by atoms with Gasteiger partial charge < -0.3 is 10.2 Å². The van der Waals surface area contributed by atoms with Gasteiger partial charge in [0.1, 0.15) is 5.76 Å². The number of hydrogen-bond acceptors (Lipinski definition) is 3. The molecule has 3 atom stereocenters. The van der Waals surface area contributed by atoms with Gasteiger partial charge in [-0.05, 0) is 60.1 Å². The highest BCUT2D eigenvalue weighted by Crippen LogP contribution is 2.41. The summed E-state index contributed by atoms with van der Waals surface area (Å²) >= 11 is 3.57. The third-order valence-corrected chi connectivity index (χ3v) is 5.26.